The van der Waals surface area contributed by atoms with Gasteiger partial charge in [-0.2, -0.15) is 0 Å². The van der Waals surface area contributed by atoms with Crippen LogP contribution in [0.3, 0.4) is 0 Å². The van der Waals surface area contributed by atoms with Gasteiger partial charge in [-0.15, -0.1) is 0 Å². The van der Waals surface area contributed by atoms with E-state index in [1.54, 1.807) is 31.2 Å². The fourth-order valence-electron chi connectivity index (χ4n) is 1.52. The molecule has 0 aliphatic heterocycles. The van der Waals surface area contributed by atoms with Crippen molar-refractivity contribution in [2.24, 2.45) is 0 Å². The Morgan fingerprint density at radius 1 is 1.40 bits per heavy atom. The van der Waals surface area contributed by atoms with Gasteiger partial charge in [0.15, 0.2) is 0 Å². The lowest BCUT2D eigenvalue weighted by Crippen LogP contribution is -2.45. The average Bonchev–Trinajstić information content (AvgIpc) is 2.44. The molecule has 1 amide bonds. The highest BCUT2D eigenvalue weighted by atomic mass is 35.5. The van der Waals surface area contributed by atoms with Crippen LogP contribution in [0.25, 0.3) is 0 Å². The number of nitrogens with one attached hydrogen (secondary N) is 2. The summed E-state index contributed by atoms with van der Waals surface area (Å²) >= 11 is 5.76. The number of amides is 1. The molecule has 0 aliphatic carbocycles. The molecule has 0 aliphatic rings. The Morgan fingerprint density at radius 3 is 2.65 bits per heavy atom. The van der Waals surface area contributed by atoms with Gasteiger partial charge in [-0.05, 0) is 38.1 Å². The first-order chi connectivity index (χ1) is 9.52. The lowest BCUT2D eigenvalue weighted by atomic mass is 10.3. The van der Waals surface area contributed by atoms with Crippen molar-refractivity contribution < 1.29 is 14.6 Å². The van der Waals surface area contributed by atoms with Gasteiger partial charge in [0.25, 0.3) is 0 Å². The molecule has 5 nitrogen and oxygen atoms in total. The molecule has 1 aromatic carbocycles. The van der Waals surface area contributed by atoms with E-state index in [2.05, 4.69) is 10.6 Å². The maximum Gasteiger partial charge on any atom is 0.236 e. The van der Waals surface area contributed by atoms with Gasteiger partial charge in [0.2, 0.25) is 5.91 Å². The summed E-state index contributed by atoms with van der Waals surface area (Å²) < 4.78 is 5.41. The molecule has 0 radical (unpaired) electrons. The molecule has 0 heterocycles. The molecular weight excluding hydrogens is 280 g/mol. The van der Waals surface area contributed by atoms with Gasteiger partial charge in [-0.3, -0.25) is 4.79 Å². The van der Waals surface area contributed by atoms with Gasteiger partial charge in [0.1, 0.15) is 18.5 Å². The summed E-state index contributed by atoms with van der Waals surface area (Å²) in [6.45, 7) is 4.63. The van der Waals surface area contributed by atoms with Gasteiger partial charge in [-0.1, -0.05) is 11.6 Å². The number of hydrogen-bond donors (Lipinski definition) is 3. The summed E-state index contributed by atoms with van der Waals surface area (Å²) in [5, 5.41) is 16.1. The molecule has 112 valence electrons. The van der Waals surface area contributed by atoms with Gasteiger partial charge >= 0.3 is 0 Å². The predicted octanol–water partition coefficient (Wildman–Crippen LogP) is 1.19. The second kappa shape index (κ2) is 8.79. The van der Waals surface area contributed by atoms with Crippen molar-refractivity contribution in [2.45, 2.75) is 26.0 Å². The van der Waals surface area contributed by atoms with Crippen molar-refractivity contribution in [2.75, 3.05) is 19.7 Å². The van der Waals surface area contributed by atoms with Gasteiger partial charge < -0.3 is 20.5 Å². The van der Waals surface area contributed by atoms with E-state index in [-0.39, 0.29) is 25.1 Å². The quantitative estimate of drug-likeness (QED) is 0.674. The second-order valence-corrected chi connectivity index (χ2v) is 4.88. The molecule has 1 aromatic rings. The fraction of sp³-hybridized carbons (Fsp3) is 0.500. The Morgan fingerprint density at radius 2 is 2.05 bits per heavy atom. The Kier molecular flexibility index (Phi) is 7.36. The van der Waals surface area contributed by atoms with Crippen LogP contribution in [-0.2, 0) is 4.79 Å². The Hall–Kier alpha value is -1.30. The average molecular weight is 301 g/mol. The van der Waals surface area contributed by atoms with Crippen LogP contribution in [0.15, 0.2) is 24.3 Å². The zero-order valence-electron chi connectivity index (χ0n) is 11.7. The highest BCUT2D eigenvalue weighted by Crippen LogP contribution is 2.15. The molecular formula is C14H21ClN2O3. The van der Waals surface area contributed by atoms with E-state index >= 15 is 0 Å². The van der Waals surface area contributed by atoms with Gasteiger partial charge in [0, 0.05) is 18.1 Å². The maximum absolute atomic E-state index is 11.5. The topological polar surface area (TPSA) is 70.6 Å². The zero-order chi connectivity index (χ0) is 15.0. The molecule has 0 spiro atoms. The van der Waals surface area contributed by atoms with Crippen LogP contribution in [-0.4, -0.2) is 42.9 Å². The number of carbonyl (C=O) groups excluding carboxylic acids is 1. The van der Waals surface area contributed by atoms with Crippen LogP contribution in [0.2, 0.25) is 5.02 Å². The lowest BCUT2D eigenvalue weighted by molar-refractivity contribution is -0.122. The standard InChI is InChI=1S/C14H21ClN2O3/c1-3-16-14(19)10(2)17-8-12(18)9-20-13-6-4-11(15)5-7-13/h4-7,10,12,17-18H,3,8-9H2,1-2H3,(H,16,19). The third kappa shape index (κ3) is 6.23. The van der Waals surface area contributed by atoms with Gasteiger partial charge in [0.05, 0.1) is 6.04 Å². The molecule has 0 fully saturated rings. The highest BCUT2D eigenvalue weighted by Gasteiger charge is 2.13. The highest BCUT2D eigenvalue weighted by molar-refractivity contribution is 6.30. The summed E-state index contributed by atoms with van der Waals surface area (Å²) in [6.07, 6.45) is -0.692. The number of likely N-dealkylation sites (N-methyl/N-ethyl adjacent to an activating group) is 1. The zero-order valence-corrected chi connectivity index (χ0v) is 12.5. The number of carbonyl (C=O) groups is 1. The Labute approximate surface area is 124 Å². The van der Waals surface area contributed by atoms with E-state index in [4.69, 9.17) is 16.3 Å². The summed E-state index contributed by atoms with van der Waals surface area (Å²) in [5.41, 5.74) is 0. The van der Waals surface area contributed by atoms with Crippen molar-refractivity contribution in [3.8, 4) is 5.75 Å². The summed E-state index contributed by atoms with van der Waals surface area (Å²) in [5.74, 6) is 0.559. The summed E-state index contributed by atoms with van der Waals surface area (Å²) in [6, 6.07) is 6.57. The predicted molar refractivity (Wildman–Crippen MR) is 79.1 cm³/mol. The third-order valence-electron chi connectivity index (χ3n) is 2.66. The molecule has 0 saturated carbocycles. The van der Waals surface area contributed by atoms with E-state index in [1.807, 2.05) is 6.92 Å². The molecule has 2 atom stereocenters. The SMILES string of the molecule is CCNC(=O)C(C)NCC(O)COc1ccc(Cl)cc1. The minimum absolute atomic E-state index is 0.0849. The van der Waals surface area contributed by atoms with E-state index in [1.165, 1.54) is 0 Å². The van der Waals surface area contributed by atoms with Crippen molar-refractivity contribution in [3.05, 3.63) is 29.3 Å². The van der Waals surface area contributed by atoms with Crippen molar-refractivity contribution in [1.29, 1.82) is 0 Å². The van der Waals surface area contributed by atoms with Crippen LogP contribution in [0.5, 0.6) is 5.75 Å². The smallest absolute Gasteiger partial charge is 0.236 e. The Bertz CT molecular complexity index is 411. The molecule has 20 heavy (non-hydrogen) atoms. The van der Waals surface area contributed by atoms with Gasteiger partial charge in [-0.25, -0.2) is 0 Å². The van der Waals surface area contributed by atoms with Crippen LogP contribution < -0.4 is 15.4 Å². The monoisotopic (exact) mass is 300 g/mol. The maximum atomic E-state index is 11.5. The van der Waals surface area contributed by atoms with Crippen LogP contribution in [0, 0.1) is 0 Å². The fourth-order valence-corrected chi connectivity index (χ4v) is 1.64. The number of rotatable bonds is 8. The first-order valence-corrected chi connectivity index (χ1v) is 6.98. The van der Waals surface area contributed by atoms with E-state index in [9.17, 15) is 9.90 Å². The van der Waals surface area contributed by atoms with Crippen molar-refractivity contribution in [1.82, 2.24) is 10.6 Å². The molecule has 6 heteroatoms. The molecule has 0 aromatic heterocycles. The first-order valence-electron chi connectivity index (χ1n) is 6.60. The molecule has 1 rings (SSSR count). The number of halogens is 1. The van der Waals surface area contributed by atoms with Crippen molar-refractivity contribution >= 4 is 17.5 Å². The lowest BCUT2D eigenvalue weighted by Gasteiger charge is -2.17. The third-order valence-corrected chi connectivity index (χ3v) is 2.91. The van der Waals surface area contributed by atoms with Crippen LogP contribution in [0.4, 0.5) is 0 Å². The summed E-state index contributed by atoms with van der Waals surface area (Å²) in [7, 11) is 0. The van der Waals surface area contributed by atoms with Crippen LogP contribution >= 0.6 is 11.6 Å². The molecule has 3 N–H and O–H groups in total. The summed E-state index contributed by atoms with van der Waals surface area (Å²) in [4.78, 5) is 11.5. The van der Waals surface area contributed by atoms with E-state index in [0.717, 1.165) is 0 Å². The number of benzene rings is 1. The largest absolute Gasteiger partial charge is 0.491 e. The van der Waals surface area contributed by atoms with E-state index in [0.29, 0.717) is 17.3 Å². The first kappa shape index (κ1) is 16.8. The number of hydrogen-bond acceptors (Lipinski definition) is 4. The van der Waals surface area contributed by atoms with E-state index < -0.39 is 6.10 Å². The normalized spacial score (nSPS) is 13.6. The minimum atomic E-state index is -0.692. The van der Waals surface area contributed by atoms with Crippen LogP contribution in [0.1, 0.15) is 13.8 Å². The Balaban J connectivity index is 2.24. The second-order valence-electron chi connectivity index (χ2n) is 4.44. The van der Waals surface area contributed by atoms with Crippen molar-refractivity contribution in [3.63, 3.8) is 0 Å². The minimum Gasteiger partial charge on any atom is -0.491 e. The number of aliphatic hydroxyl groups excluding tert-OH is 1. The molecule has 0 bridgehead atoms. The number of aliphatic hydroxyl groups is 1. The molecule has 2 unspecified atom stereocenters. The number of ether oxygens (including phenoxy) is 1. The molecule has 0 saturated heterocycles.